The van der Waals surface area contributed by atoms with Crippen molar-refractivity contribution >= 4 is 34.3 Å². The summed E-state index contributed by atoms with van der Waals surface area (Å²) >= 11 is 5.96. The summed E-state index contributed by atoms with van der Waals surface area (Å²) in [6, 6.07) is 19.1. The van der Waals surface area contributed by atoms with E-state index in [-0.39, 0.29) is 11.2 Å². The molecule has 0 radical (unpaired) electrons. The lowest BCUT2D eigenvalue weighted by Gasteiger charge is -2.21. The number of amides is 1. The molecule has 2 aromatic carbocycles. The van der Waals surface area contributed by atoms with Gasteiger partial charge < -0.3 is 4.42 Å². The number of carbonyl (C=O) groups is 1. The van der Waals surface area contributed by atoms with E-state index in [2.05, 4.69) is 4.98 Å². The first-order chi connectivity index (χ1) is 14.0. The molecule has 6 heteroatoms. The lowest BCUT2D eigenvalue weighted by atomic mass is 10.1. The van der Waals surface area contributed by atoms with Crippen molar-refractivity contribution in [3.8, 4) is 0 Å². The fourth-order valence-electron chi connectivity index (χ4n) is 3.01. The molecule has 0 bridgehead atoms. The van der Waals surface area contributed by atoms with Gasteiger partial charge in [0.15, 0.2) is 11.2 Å². The van der Waals surface area contributed by atoms with Crippen LogP contribution in [0.3, 0.4) is 0 Å². The van der Waals surface area contributed by atoms with Crippen molar-refractivity contribution in [3.63, 3.8) is 0 Å². The molecule has 2 heterocycles. The van der Waals surface area contributed by atoms with Crippen LogP contribution in [0.4, 0.5) is 5.82 Å². The Morgan fingerprint density at radius 3 is 2.59 bits per heavy atom. The van der Waals surface area contributed by atoms with Gasteiger partial charge in [0.25, 0.3) is 5.91 Å². The molecule has 29 heavy (non-hydrogen) atoms. The first-order valence-corrected chi connectivity index (χ1v) is 9.41. The van der Waals surface area contributed by atoms with Gasteiger partial charge in [0, 0.05) is 17.3 Å². The minimum absolute atomic E-state index is 0.0532. The van der Waals surface area contributed by atoms with Gasteiger partial charge in [0.2, 0.25) is 0 Å². The number of nitrogens with zero attached hydrogens (tertiary/aromatic N) is 2. The maximum atomic E-state index is 13.3. The van der Waals surface area contributed by atoms with Crippen LogP contribution in [0.25, 0.3) is 11.0 Å². The zero-order valence-electron chi connectivity index (χ0n) is 15.6. The average Bonchev–Trinajstić information content (AvgIpc) is 2.74. The van der Waals surface area contributed by atoms with E-state index >= 15 is 0 Å². The molecule has 2 aromatic heterocycles. The Morgan fingerprint density at radius 1 is 1.07 bits per heavy atom. The molecule has 0 atom stereocenters. The van der Waals surface area contributed by atoms with Crippen LogP contribution in [0.1, 0.15) is 21.7 Å². The van der Waals surface area contributed by atoms with Gasteiger partial charge in [-0.15, -0.1) is 0 Å². The van der Waals surface area contributed by atoms with E-state index in [0.717, 1.165) is 11.1 Å². The number of benzene rings is 2. The van der Waals surface area contributed by atoms with E-state index in [1.165, 1.54) is 17.0 Å². The van der Waals surface area contributed by atoms with Gasteiger partial charge in [-0.1, -0.05) is 47.5 Å². The number of aromatic nitrogens is 1. The van der Waals surface area contributed by atoms with Crippen LogP contribution >= 0.6 is 11.6 Å². The van der Waals surface area contributed by atoms with E-state index in [4.69, 9.17) is 16.0 Å². The lowest BCUT2D eigenvalue weighted by molar-refractivity contribution is 0.0958. The summed E-state index contributed by atoms with van der Waals surface area (Å²) in [5.41, 5.74) is 2.04. The molecule has 4 aromatic rings. The Hall–Kier alpha value is -3.44. The molecule has 0 aliphatic rings. The zero-order chi connectivity index (χ0) is 20.4. The summed E-state index contributed by atoms with van der Waals surface area (Å²) in [6.07, 6.45) is 1.61. The number of carbonyl (C=O) groups excluding carboxylic acids is 1. The molecule has 0 aliphatic heterocycles. The summed E-state index contributed by atoms with van der Waals surface area (Å²) in [4.78, 5) is 31.6. The molecule has 0 aliphatic carbocycles. The van der Waals surface area contributed by atoms with E-state index in [9.17, 15) is 9.59 Å². The average molecular weight is 405 g/mol. The number of fused-ring (bicyclic) bond motifs is 1. The molecular formula is C23H17ClN2O3. The normalized spacial score (nSPS) is 10.8. The largest absolute Gasteiger partial charge is 0.451 e. The van der Waals surface area contributed by atoms with Crippen molar-refractivity contribution in [3.05, 3.63) is 105 Å². The molecule has 0 fully saturated rings. The first kappa shape index (κ1) is 18.9. The predicted octanol–water partition coefficient (Wildman–Crippen LogP) is 5.00. The molecule has 1 amide bonds. The standard InChI is InChI=1S/C23H17ClN2O3/c1-15-5-7-16(8-6-15)14-26(22-4-2-3-11-25-22)23(28)21-13-19(27)18-12-17(24)9-10-20(18)29-21/h2-13H,14H2,1H3. The summed E-state index contributed by atoms with van der Waals surface area (Å²) in [6.45, 7) is 2.29. The number of pyridine rings is 1. The molecular weight excluding hydrogens is 388 g/mol. The number of aryl methyl sites for hydroxylation is 1. The molecule has 0 unspecified atom stereocenters. The molecule has 5 nitrogen and oxygen atoms in total. The van der Waals surface area contributed by atoms with Gasteiger partial charge in [-0.25, -0.2) is 4.98 Å². The van der Waals surface area contributed by atoms with Crippen molar-refractivity contribution in [2.75, 3.05) is 4.90 Å². The van der Waals surface area contributed by atoms with E-state index < -0.39 is 5.91 Å². The van der Waals surface area contributed by atoms with Crippen molar-refractivity contribution in [1.82, 2.24) is 4.98 Å². The van der Waals surface area contributed by atoms with E-state index in [0.29, 0.717) is 28.4 Å². The second-order valence-electron chi connectivity index (χ2n) is 6.68. The molecule has 0 saturated heterocycles. The highest BCUT2D eigenvalue weighted by molar-refractivity contribution is 6.31. The highest BCUT2D eigenvalue weighted by atomic mass is 35.5. The fraction of sp³-hybridized carbons (Fsp3) is 0.0870. The zero-order valence-corrected chi connectivity index (χ0v) is 16.4. The quantitative estimate of drug-likeness (QED) is 0.480. The van der Waals surface area contributed by atoms with Crippen LogP contribution in [0, 0.1) is 6.92 Å². The summed E-state index contributed by atoms with van der Waals surface area (Å²) in [7, 11) is 0. The second-order valence-corrected chi connectivity index (χ2v) is 7.12. The summed E-state index contributed by atoms with van der Waals surface area (Å²) in [5.74, 6) is -0.0299. The van der Waals surface area contributed by atoms with Crippen LogP contribution in [0.2, 0.25) is 5.02 Å². The SMILES string of the molecule is Cc1ccc(CN(C(=O)c2cc(=O)c3cc(Cl)ccc3o2)c2ccccn2)cc1. The Labute approximate surface area is 172 Å². The number of rotatable bonds is 4. The third-order valence-electron chi connectivity index (χ3n) is 4.53. The second kappa shape index (κ2) is 7.89. The number of halogens is 1. The highest BCUT2D eigenvalue weighted by Crippen LogP contribution is 2.21. The van der Waals surface area contributed by atoms with Gasteiger partial charge in [-0.2, -0.15) is 0 Å². The number of hydrogen-bond acceptors (Lipinski definition) is 4. The van der Waals surface area contributed by atoms with Crippen LogP contribution in [-0.2, 0) is 6.54 Å². The maximum Gasteiger partial charge on any atom is 0.295 e. The lowest BCUT2D eigenvalue weighted by Crippen LogP contribution is -2.31. The Balaban J connectivity index is 1.77. The van der Waals surface area contributed by atoms with Gasteiger partial charge in [0.1, 0.15) is 11.4 Å². The molecule has 0 N–H and O–H groups in total. The fourth-order valence-corrected chi connectivity index (χ4v) is 3.19. The van der Waals surface area contributed by atoms with Crippen molar-refractivity contribution in [2.24, 2.45) is 0 Å². The minimum atomic E-state index is -0.446. The Bertz CT molecular complexity index is 1230. The van der Waals surface area contributed by atoms with Gasteiger partial charge in [-0.3, -0.25) is 14.5 Å². The van der Waals surface area contributed by atoms with E-state index in [1.807, 2.05) is 31.2 Å². The van der Waals surface area contributed by atoms with Crippen LogP contribution in [0.15, 0.2) is 82.1 Å². The Kier molecular flexibility index (Phi) is 5.14. The number of hydrogen-bond donors (Lipinski definition) is 0. The number of anilines is 1. The van der Waals surface area contributed by atoms with Gasteiger partial charge in [-0.05, 0) is 42.8 Å². The molecule has 0 spiro atoms. The van der Waals surface area contributed by atoms with Gasteiger partial charge in [0.05, 0.1) is 11.9 Å². The van der Waals surface area contributed by atoms with Gasteiger partial charge >= 0.3 is 0 Å². The molecule has 4 rings (SSSR count). The third-order valence-corrected chi connectivity index (χ3v) is 4.77. The van der Waals surface area contributed by atoms with Crippen LogP contribution in [0.5, 0.6) is 0 Å². The predicted molar refractivity (Wildman–Crippen MR) is 113 cm³/mol. The smallest absolute Gasteiger partial charge is 0.295 e. The topological polar surface area (TPSA) is 63.4 Å². The minimum Gasteiger partial charge on any atom is -0.451 e. The summed E-state index contributed by atoms with van der Waals surface area (Å²) < 4.78 is 5.74. The summed E-state index contributed by atoms with van der Waals surface area (Å²) in [5, 5.41) is 0.760. The van der Waals surface area contributed by atoms with Crippen LogP contribution in [-0.4, -0.2) is 10.9 Å². The molecule has 0 saturated carbocycles. The Morgan fingerprint density at radius 2 is 1.86 bits per heavy atom. The monoisotopic (exact) mass is 404 g/mol. The van der Waals surface area contributed by atoms with Crippen molar-refractivity contribution in [1.29, 1.82) is 0 Å². The van der Waals surface area contributed by atoms with Crippen molar-refractivity contribution < 1.29 is 9.21 Å². The third kappa shape index (κ3) is 4.05. The first-order valence-electron chi connectivity index (χ1n) is 9.03. The van der Waals surface area contributed by atoms with Crippen LogP contribution < -0.4 is 10.3 Å². The highest BCUT2D eigenvalue weighted by Gasteiger charge is 2.22. The van der Waals surface area contributed by atoms with E-state index in [1.54, 1.807) is 36.5 Å². The maximum absolute atomic E-state index is 13.3. The van der Waals surface area contributed by atoms with Crippen molar-refractivity contribution in [2.45, 2.75) is 13.5 Å². The molecule has 144 valence electrons.